The maximum absolute atomic E-state index is 11.4. The number of carbonyl (C=O) groups is 1. The van der Waals surface area contributed by atoms with Gasteiger partial charge in [0.15, 0.2) is 0 Å². The van der Waals surface area contributed by atoms with Gasteiger partial charge in [-0.15, -0.1) is 11.3 Å². The highest BCUT2D eigenvalue weighted by Crippen LogP contribution is 2.35. The largest absolute Gasteiger partial charge is 0.465 e. The summed E-state index contributed by atoms with van der Waals surface area (Å²) in [6.07, 6.45) is 0. The lowest BCUT2D eigenvalue weighted by atomic mass is 10.2. The summed E-state index contributed by atoms with van der Waals surface area (Å²) in [6.45, 7) is 0. The molecule has 0 unspecified atom stereocenters. The Morgan fingerprint density at radius 3 is 2.93 bits per heavy atom. The number of hydrogen-bond donors (Lipinski definition) is 1. The lowest BCUT2D eigenvalue weighted by molar-refractivity contribution is 0.0607. The number of nitrogens with two attached hydrogens (primary N) is 1. The molecule has 0 bridgehead atoms. The van der Waals surface area contributed by atoms with Crippen LogP contribution in [0.5, 0.6) is 0 Å². The van der Waals surface area contributed by atoms with Crippen molar-refractivity contribution in [3.05, 3.63) is 28.1 Å². The van der Waals surface area contributed by atoms with E-state index < -0.39 is 5.97 Å². The average molecular weight is 242 g/mol. The van der Waals surface area contributed by atoms with E-state index in [1.165, 1.54) is 18.4 Å². The first-order valence-electron chi connectivity index (χ1n) is 4.19. The van der Waals surface area contributed by atoms with Gasteiger partial charge in [-0.1, -0.05) is 11.6 Å². The van der Waals surface area contributed by atoms with Crippen LogP contribution in [0.25, 0.3) is 10.1 Å². The summed E-state index contributed by atoms with van der Waals surface area (Å²) in [6, 6.07) is 5.33. The summed E-state index contributed by atoms with van der Waals surface area (Å²) in [7, 11) is 1.33. The molecule has 0 aliphatic carbocycles. The molecule has 1 heterocycles. The maximum Gasteiger partial charge on any atom is 0.350 e. The van der Waals surface area contributed by atoms with E-state index in [-0.39, 0.29) is 0 Å². The number of hydrogen-bond acceptors (Lipinski definition) is 4. The standard InChI is InChI=1S/C10H8ClNO2S/c1-14-10(13)9-8(12)6-3-2-5(11)4-7(6)15-9/h2-4H,12H2,1H3. The highest BCUT2D eigenvalue weighted by atomic mass is 35.5. The second-order valence-electron chi connectivity index (χ2n) is 2.98. The zero-order chi connectivity index (χ0) is 11.0. The van der Waals surface area contributed by atoms with Crippen LogP contribution < -0.4 is 5.73 Å². The Bertz CT molecular complexity index is 535. The molecular weight excluding hydrogens is 234 g/mol. The number of ether oxygens (including phenoxy) is 1. The Morgan fingerprint density at radius 2 is 2.27 bits per heavy atom. The molecule has 0 aliphatic heterocycles. The molecule has 3 nitrogen and oxygen atoms in total. The minimum atomic E-state index is -0.412. The number of thiophene rings is 1. The van der Waals surface area contributed by atoms with Gasteiger partial charge in [-0.3, -0.25) is 0 Å². The second-order valence-corrected chi connectivity index (χ2v) is 4.47. The smallest absolute Gasteiger partial charge is 0.350 e. The van der Waals surface area contributed by atoms with Crippen LogP contribution in [0.3, 0.4) is 0 Å². The van der Waals surface area contributed by atoms with E-state index in [0.29, 0.717) is 15.6 Å². The number of benzene rings is 1. The van der Waals surface area contributed by atoms with Crippen LogP contribution in [0.2, 0.25) is 5.02 Å². The number of anilines is 1. The highest BCUT2D eigenvalue weighted by Gasteiger charge is 2.16. The maximum atomic E-state index is 11.4. The highest BCUT2D eigenvalue weighted by molar-refractivity contribution is 7.21. The van der Waals surface area contributed by atoms with E-state index in [9.17, 15) is 4.79 Å². The molecule has 0 radical (unpaired) electrons. The third-order valence-electron chi connectivity index (χ3n) is 2.06. The number of methoxy groups -OCH3 is 1. The molecule has 2 N–H and O–H groups in total. The second kappa shape index (κ2) is 3.72. The van der Waals surface area contributed by atoms with Crippen LogP contribution >= 0.6 is 22.9 Å². The number of nitrogen functional groups attached to an aromatic ring is 1. The molecule has 2 aromatic rings. The van der Waals surface area contributed by atoms with Crippen molar-refractivity contribution in [3.8, 4) is 0 Å². The van der Waals surface area contributed by atoms with Crippen LogP contribution in [0.1, 0.15) is 9.67 Å². The zero-order valence-corrected chi connectivity index (χ0v) is 9.48. The third kappa shape index (κ3) is 1.66. The number of fused-ring (bicyclic) bond motifs is 1. The fourth-order valence-corrected chi connectivity index (χ4v) is 2.65. The van der Waals surface area contributed by atoms with E-state index in [1.807, 2.05) is 0 Å². The van der Waals surface area contributed by atoms with Crippen LogP contribution in [0.4, 0.5) is 5.69 Å². The molecule has 0 amide bonds. The monoisotopic (exact) mass is 241 g/mol. The van der Waals surface area contributed by atoms with Crippen LogP contribution in [0, 0.1) is 0 Å². The number of esters is 1. The summed E-state index contributed by atoms with van der Waals surface area (Å²) in [5, 5.41) is 1.46. The van der Waals surface area contributed by atoms with Crippen molar-refractivity contribution < 1.29 is 9.53 Å². The number of halogens is 1. The fraction of sp³-hybridized carbons (Fsp3) is 0.100. The molecule has 2 rings (SSSR count). The van der Waals surface area contributed by atoms with Crippen LogP contribution in [-0.2, 0) is 4.74 Å². The van der Waals surface area contributed by atoms with Gasteiger partial charge in [0.2, 0.25) is 0 Å². The normalized spacial score (nSPS) is 10.5. The molecule has 0 saturated heterocycles. The predicted octanol–water partition coefficient (Wildman–Crippen LogP) is 2.92. The van der Waals surface area contributed by atoms with Crippen LogP contribution in [-0.4, -0.2) is 13.1 Å². The fourth-order valence-electron chi connectivity index (χ4n) is 1.33. The van der Waals surface area contributed by atoms with Gasteiger partial charge in [0.25, 0.3) is 0 Å². The number of rotatable bonds is 1. The molecule has 1 aromatic heterocycles. The Balaban J connectivity index is 2.69. The summed E-state index contributed by atoms with van der Waals surface area (Å²) < 4.78 is 5.52. The topological polar surface area (TPSA) is 52.3 Å². The van der Waals surface area contributed by atoms with Gasteiger partial charge in [0.05, 0.1) is 12.8 Å². The van der Waals surface area contributed by atoms with E-state index >= 15 is 0 Å². The van der Waals surface area contributed by atoms with Gasteiger partial charge in [0, 0.05) is 15.1 Å². The van der Waals surface area contributed by atoms with E-state index in [0.717, 1.165) is 10.1 Å². The summed E-state index contributed by atoms with van der Waals surface area (Å²) >= 11 is 7.13. The van der Waals surface area contributed by atoms with Gasteiger partial charge in [-0.2, -0.15) is 0 Å². The quantitative estimate of drug-likeness (QED) is 0.781. The van der Waals surface area contributed by atoms with Gasteiger partial charge < -0.3 is 10.5 Å². The minimum Gasteiger partial charge on any atom is -0.465 e. The average Bonchev–Trinajstić information content (AvgIpc) is 2.54. The molecule has 0 fully saturated rings. The van der Waals surface area contributed by atoms with E-state index in [4.69, 9.17) is 17.3 Å². The van der Waals surface area contributed by atoms with Gasteiger partial charge >= 0.3 is 5.97 Å². The van der Waals surface area contributed by atoms with E-state index in [2.05, 4.69) is 4.74 Å². The first-order chi connectivity index (χ1) is 7.13. The Morgan fingerprint density at radius 1 is 1.53 bits per heavy atom. The predicted molar refractivity (Wildman–Crippen MR) is 62.6 cm³/mol. The molecular formula is C10H8ClNO2S. The van der Waals surface area contributed by atoms with Crippen molar-refractivity contribution in [2.75, 3.05) is 12.8 Å². The molecule has 0 aliphatic rings. The molecule has 1 aromatic carbocycles. The lowest BCUT2D eigenvalue weighted by Crippen LogP contribution is -2.01. The zero-order valence-electron chi connectivity index (χ0n) is 7.91. The van der Waals surface area contributed by atoms with Crippen molar-refractivity contribution in [1.29, 1.82) is 0 Å². The van der Waals surface area contributed by atoms with Gasteiger partial charge in [-0.05, 0) is 18.2 Å². The first-order valence-corrected chi connectivity index (χ1v) is 5.38. The SMILES string of the molecule is COC(=O)c1sc2cc(Cl)ccc2c1N. The van der Waals surface area contributed by atoms with Crippen molar-refractivity contribution >= 4 is 44.7 Å². The van der Waals surface area contributed by atoms with Crippen LogP contribution in [0.15, 0.2) is 18.2 Å². The summed E-state index contributed by atoms with van der Waals surface area (Å²) in [4.78, 5) is 11.8. The summed E-state index contributed by atoms with van der Waals surface area (Å²) in [5.41, 5.74) is 6.29. The van der Waals surface area contributed by atoms with Gasteiger partial charge in [-0.25, -0.2) is 4.79 Å². The molecule has 0 atom stereocenters. The number of carbonyl (C=O) groups excluding carboxylic acids is 1. The van der Waals surface area contributed by atoms with E-state index in [1.54, 1.807) is 18.2 Å². The van der Waals surface area contributed by atoms with Crippen molar-refractivity contribution in [2.24, 2.45) is 0 Å². The molecule has 15 heavy (non-hydrogen) atoms. The third-order valence-corrected chi connectivity index (χ3v) is 3.44. The molecule has 0 spiro atoms. The van der Waals surface area contributed by atoms with Crippen molar-refractivity contribution in [3.63, 3.8) is 0 Å². The van der Waals surface area contributed by atoms with Crippen molar-refractivity contribution in [2.45, 2.75) is 0 Å². The minimum absolute atomic E-state index is 0.412. The lowest BCUT2D eigenvalue weighted by Gasteiger charge is -1.95. The Kier molecular flexibility index (Phi) is 2.54. The molecule has 5 heteroatoms. The Hall–Kier alpha value is -1.26. The first kappa shape index (κ1) is 10.3. The molecule has 78 valence electrons. The van der Waals surface area contributed by atoms with Gasteiger partial charge in [0.1, 0.15) is 4.88 Å². The summed E-state index contributed by atoms with van der Waals surface area (Å²) in [5.74, 6) is -0.412. The van der Waals surface area contributed by atoms with Crippen molar-refractivity contribution in [1.82, 2.24) is 0 Å². The molecule has 0 saturated carbocycles. The Labute approximate surface area is 95.4 Å².